The third-order valence-corrected chi connectivity index (χ3v) is 1.95. The van der Waals surface area contributed by atoms with Gasteiger partial charge in [0.2, 0.25) is 11.6 Å². The first kappa shape index (κ1) is 15.8. The van der Waals surface area contributed by atoms with Crippen molar-refractivity contribution in [2.24, 2.45) is 5.84 Å². The van der Waals surface area contributed by atoms with Gasteiger partial charge < -0.3 is 15.5 Å². The van der Waals surface area contributed by atoms with Gasteiger partial charge in [0.25, 0.3) is 0 Å². The highest BCUT2D eigenvalue weighted by Gasteiger charge is 2.27. The lowest BCUT2D eigenvalue weighted by Gasteiger charge is -2.09. The zero-order valence-electron chi connectivity index (χ0n) is 9.98. The maximum atomic E-state index is 11.8. The number of ether oxygens (including phenoxy) is 1. The molecule has 0 aromatic carbocycles. The Morgan fingerprint density at radius 2 is 2.05 bits per heavy atom. The summed E-state index contributed by atoms with van der Waals surface area (Å²) >= 11 is 0. The monoisotopic (exact) mass is 296 g/mol. The van der Waals surface area contributed by atoms with Crippen molar-refractivity contribution >= 4 is 17.3 Å². The van der Waals surface area contributed by atoms with Gasteiger partial charge in [0.1, 0.15) is 12.9 Å². The second kappa shape index (κ2) is 6.81. The summed E-state index contributed by atoms with van der Waals surface area (Å²) in [6.07, 6.45) is -3.40. The molecule has 112 valence electrons. The molecule has 0 unspecified atom stereocenters. The van der Waals surface area contributed by atoms with Crippen molar-refractivity contribution < 1.29 is 22.8 Å². The summed E-state index contributed by atoms with van der Waals surface area (Å²) in [4.78, 5) is 17.2. The van der Waals surface area contributed by atoms with Crippen LogP contribution in [-0.2, 0) is 4.74 Å². The average Bonchev–Trinajstić information content (AvgIpc) is 2.36. The smallest absolute Gasteiger partial charge is 0.370 e. The Kier molecular flexibility index (Phi) is 5.40. The number of hydrogen-bond donors (Lipinski definition) is 3. The van der Waals surface area contributed by atoms with Crippen molar-refractivity contribution in [3.05, 3.63) is 16.4 Å². The van der Waals surface area contributed by atoms with E-state index >= 15 is 0 Å². The first-order valence-corrected chi connectivity index (χ1v) is 5.19. The average molecular weight is 296 g/mol. The molecular weight excluding hydrogens is 285 g/mol. The second-order valence-corrected chi connectivity index (χ2v) is 3.42. The standard InChI is InChI=1S/C8H11F3N6O3/c9-8(10,11)3-20-2-1-13-6-5(17(18)19)7(16-12)15-4-14-6/h4H,1-3,12H2,(H2,13,14,15,16). The van der Waals surface area contributed by atoms with E-state index in [1.807, 2.05) is 5.43 Å². The van der Waals surface area contributed by atoms with Crippen LogP contribution < -0.4 is 16.6 Å². The van der Waals surface area contributed by atoms with Crippen molar-refractivity contribution in [1.82, 2.24) is 9.97 Å². The van der Waals surface area contributed by atoms with E-state index in [-0.39, 0.29) is 24.8 Å². The number of nitrogen functional groups attached to an aromatic ring is 1. The van der Waals surface area contributed by atoms with Crippen LogP contribution in [0, 0.1) is 10.1 Å². The fraction of sp³-hybridized carbons (Fsp3) is 0.500. The van der Waals surface area contributed by atoms with Crippen LogP contribution in [0.1, 0.15) is 0 Å². The van der Waals surface area contributed by atoms with E-state index in [2.05, 4.69) is 20.0 Å². The molecule has 0 saturated carbocycles. The van der Waals surface area contributed by atoms with Crippen LogP contribution in [-0.4, -0.2) is 40.8 Å². The number of nitrogens with zero attached hydrogens (tertiary/aromatic N) is 3. The third kappa shape index (κ3) is 4.81. The summed E-state index contributed by atoms with van der Waals surface area (Å²) in [5, 5.41) is 13.3. The van der Waals surface area contributed by atoms with Crippen LogP contribution in [0.2, 0.25) is 0 Å². The van der Waals surface area contributed by atoms with Gasteiger partial charge in [-0.1, -0.05) is 0 Å². The van der Waals surface area contributed by atoms with Gasteiger partial charge in [-0.2, -0.15) is 13.2 Å². The van der Waals surface area contributed by atoms with Gasteiger partial charge in [-0.25, -0.2) is 15.8 Å². The highest BCUT2D eigenvalue weighted by molar-refractivity contribution is 5.68. The van der Waals surface area contributed by atoms with E-state index in [0.717, 1.165) is 6.33 Å². The van der Waals surface area contributed by atoms with Gasteiger partial charge in [-0.15, -0.1) is 0 Å². The number of hydrogen-bond acceptors (Lipinski definition) is 8. The number of aromatic nitrogens is 2. The molecule has 0 aliphatic heterocycles. The van der Waals surface area contributed by atoms with Crippen molar-refractivity contribution in [3.63, 3.8) is 0 Å². The molecule has 20 heavy (non-hydrogen) atoms. The molecule has 0 aliphatic carbocycles. The summed E-state index contributed by atoms with van der Waals surface area (Å²) in [6, 6.07) is 0. The molecule has 0 saturated heterocycles. The molecule has 0 bridgehead atoms. The van der Waals surface area contributed by atoms with E-state index in [0.29, 0.717) is 0 Å². The molecule has 0 amide bonds. The molecule has 4 N–H and O–H groups in total. The molecule has 9 nitrogen and oxygen atoms in total. The van der Waals surface area contributed by atoms with Crippen LogP contribution in [0.5, 0.6) is 0 Å². The van der Waals surface area contributed by atoms with E-state index in [1.165, 1.54) is 0 Å². The van der Waals surface area contributed by atoms with Gasteiger partial charge in [-0.3, -0.25) is 10.1 Å². The molecule has 0 fully saturated rings. The lowest BCUT2D eigenvalue weighted by Crippen LogP contribution is -2.20. The molecular formula is C8H11F3N6O3. The zero-order chi connectivity index (χ0) is 15.2. The van der Waals surface area contributed by atoms with Crippen molar-refractivity contribution in [2.75, 3.05) is 30.5 Å². The molecule has 1 aromatic rings. The summed E-state index contributed by atoms with van der Waals surface area (Å²) in [5.74, 6) is 4.67. The quantitative estimate of drug-likeness (QED) is 0.290. The van der Waals surface area contributed by atoms with Gasteiger partial charge in [0, 0.05) is 6.54 Å². The van der Waals surface area contributed by atoms with Crippen LogP contribution in [0.3, 0.4) is 0 Å². The normalized spacial score (nSPS) is 11.2. The number of nitrogens with two attached hydrogens (primary N) is 1. The summed E-state index contributed by atoms with van der Waals surface area (Å²) in [6.45, 7) is -1.79. The fourth-order valence-electron chi connectivity index (χ4n) is 1.22. The predicted octanol–water partition coefficient (Wildman–Crippen LogP) is 0.661. The fourth-order valence-corrected chi connectivity index (χ4v) is 1.22. The number of alkyl halides is 3. The van der Waals surface area contributed by atoms with E-state index in [4.69, 9.17) is 5.84 Å². The molecule has 1 aromatic heterocycles. The second-order valence-electron chi connectivity index (χ2n) is 3.42. The highest BCUT2D eigenvalue weighted by atomic mass is 19.4. The lowest BCUT2D eigenvalue weighted by atomic mass is 10.4. The van der Waals surface area contributed by atoms with Crippen LogP contribution in [0.25, 0.3) is 0 Å². The predicted molar refractivity (Wildman–Crippen MR) is 61.9 cm³/mol. The number of nitro groups is 1. The minimum Gasteiger partial charge on any atom is -0.370 e. The van der Waals surface area contributed by atoms with Crippen molar-refractivity contribution in [1.29, 1.82) is 0 Å². The molecule has 0 aliphatic rings. The number of rotatable bonds is 7. The van der Waals surface area contributed by atoms with Crippen LogP contribution >= 0.6 is 0 Å². The first-order chi connectivity index (χ1) is 9.35. The molecule has 12 heteroatoms. The molecule has 0 spiro atoms. The van der Waals surface area contributed by atoms with Crippen molar-refractivity contribution in [2.45, 2.75) is 6.18 Å². The third-order valence-electron chi connectivity index (χ3n) is 1.95. The van der Waals surface area contributed by atoms with Gasteiger partial charge >= 0.3 is 11.9 Å². The highest BCUT2D eigenvalue weighted by Crippen LogP contribution is 2.27. The molecule has 0 atom stereocenters. The van der Waals surface area contributed by atoms with E-state index in [9.17, 15) is 23.3 Å². The first-order valence-electron chi connectivity index (χ1n) is 5.19. The Morgan fingerprint density at radius 1 is 1.40 bits per heavy atom. The number of anilines is 2. The summed E-state index contributed by atoms with van der Waals surface area (Å²) < 4.78 is 39.7. The maximum Gasteiger partial charge on any atom is 0.411 e. The number of nitrogens with one attached hydrogen (secondary N) is 2. The Morgan fingerprint density at radius 3 is 2.60 bits per heavy atom. The Bertz CT molecular complexity index is 469. The minimum atomic E-state index is -4.42. The Balaban J connectivity index is 2.58. The SMILES string of the molecule is NNc1ncnc(NCCOCC(F)(F)F)c1[N+](=O)[O-]. The Hall–Kier alpha value is -2.21. The maximum absolute atomic E-state index is 11.8. The topological polar surface area (TPSA) is 128 Å². The van der Waals surface area contributed by atoms with Gasteiger partial charge in [0.05, 0.1) is 11.5 Å². The number of halogens is 3. The molecule has 1 heterocycles. The van der Waals surface area contributed by atoms with Crippen LogP contribution in [0.15, 0.2) is 6.33 Å². The minimum absolute atomic E-state index is 0.0993. The van der Waals surface area contributed by atoms with Gasteiger partial charge in [-0.05, 0) is 0 Å². The van der Waals surface area contributed by atoms with Crippen molar-refractivity contribution in [3.8, 4) is 0 Å². The molecule has 0 radical (unpaired) electrons. The van der Waals surface area contributed by atoms with E-state index < -0.39 is 23.4 Å². The summed E-state index contributed by atoms with van der Waals surface area (Å²) in [7, 11) is 0. The van der Waals surface area contributed by atoms with Gasteiger partial charge in [0.15, 0.2) is 0 Å². The van der Waals surface area contributed by atoms with Crippen LogP contribution in [0.4, 0.5) is 30.5 Å². The molecule has 1 rings (SSSR count). The van der Waals surface area contributed by atoms with E-state index in [1.54, 1.807) is 0 Å². The number of hydrazine groups is 1. The lowest BCUT2D eigenvalue weighted by molar-refractivity contribution is -0.383. The summed E-state index contributed by atoms with van der Waals surface area (Å²) in [5.41, 5.74) is 1.52. The largest absolute Gasteiger partial charge is 0.411 e. The Labute approximate surface area is 110 Å². The zero-order valence-corrected chi connectivity index (χ0v) is 9.98.